The number of hydrogen-bond donors (Lipinski definition) is 0. The third kappa shape index (κ3) is 1.58. The zero-order chi connectivity index (χ0) is 12.8. The summed E-state index contributed by atoms with van der Waals surface area (Å²) in [6.45, 7) is 2.29. The van der Waals surface area contributed by atoms with Crippen molar-refractivity contribution in [2.75, 3.05) is 0 Å². The zero-order valence-electron chi connectivity index (χ0n) is 10.9. The van der Waals surface area contributed by atoms with Crippen LogP contribution in [0.1, 0.15) is 24.0 Å². The fourth-order valence-electron chi connectivity index (χ4n) is 3.16. The van der Waals surface area contributed by atoms with Crippen LogP contribution in [0.3, 0.4) is 0 Å². The maximum atomic E-state index is 4.62. The van der Waals surface area contributed by atoms with Crippen molar-refractivity contribution in [2.24, 2.45) is 0 Å². The molecule has 0 N–H and O–H groups in total. The average Bonchev–Trinajstić information content (AvgIpc) is 2.46. The molecule has 1 aliphatic rings. The zero-order valence-corrected chi connectivity index (χ0v) is 10.9. The molecular weight excluding hydrogens is 230 g/mol. The molecule has 1 heterocycles. The molecule has 1 atom stereocenters. The van der Waals surface area contributed by atoms with E-state index in [0.717, 1.165) is 6.42 Å². The summed E-state index contributed by atoms with van der Waals surface area (Å²) < 4.78 is 0. The summed E-state index contributed by atoms with van der Waals surface area (Å²) in [5.74, 6) is 0.553. The Balaban J connectivity index is 2.06. The quantitative estimate of drug-likeness (QED) is 0.565. The molecule has 0 saturated heterocycles. The standard InChI is InChI=1S/C18H15N/c1-12-9-15-10-13-5-2-3-6-14(13)11-17(15)18-16(12)7-4-8-19-18/h2-8,10-12H,9H2,1H3. The Labute approximate surface area is 112 Å². The summed E-state index contributed by atoms with van der Waals surface area (Å²) in [5, 5.41) is 2.63. The fraction of sp³-hybridized carbons (Fsp3) is 0.167. The molecule has 3 aromatic rings. The van der Waals surface area contributed by atoms with Gasteiger partial charge in [-0.25, -0.2) is 0 Å². The average molecular weight is 245 g/mol. The number of aromatic nitrogens is 1. The first kappa shape index (κ1) is 10.7. The van der Waals surface area contributed by atoms with E-state index in [9.17, 15) is 0 Å². The molecule has 0 aliphatic heterocycles. The molecule has 0 saturated carbocycles. The van der Waals surface area contributed by atoms with Crippen LogP contribution in [0, 0.1) is 0 Å². The lowest BCUT2D eigenvalue weighted by atomic mass is 9.81. The van der Waals surface area contributed by atoms with Crippen molar-refractivity contribution in [3.63, 3.8) is 0 Å². The second-order valence-electron chi connectivity index (χ2n) is 5.40. The van der Waals surface area contributed by atoms with Crippen molar-refractivity contribution >= 4 is 10.8 Å². The molecule has 0 bridgehead atoms. The summed E-state index contributed by atoms with van der Waals surface area (Å²) in [6, 6.07) is 17.4. The van der Waals surface area contributed by atoms with Crippen LogP contribution in [0.15, 0.2) is 54.7 Å². The number of hydrogen-bond acceptors (Lipinski definition) is 1. The molecule has 1 nitrogen and oxygen atoms in total. The minimum absolute atomic E-state index is 0.553. The van der Waals surface area contributed by atoms with E-state index < -0.39 is 0 Å². The lowest BCUT2D eigenvalue weighted by molar-refractivity contribution is 0.744. The SMILES string of the molecule is CC1Cc2cc3ccccc3cc2-c2ncccc21. The predicted molar refractivity (Wildman–Crippen MR) is 79.3 cm³/mol. The van der Waals surface area contributed by atoms with Crippen LogP contribution in [-0.4, -0.2) is 4.98 Å². The lowest BCUT2D eigenvalue weighted by Gasteiger charge is -2.24. The van der Waals surface area contributed by atoms with Gasteiger partial charge in [-0.05, 0) is 46.4 Å². The monoisotopic (exact) mass is 245 g/mol. The third-order valence-corrected chi connectivity index (χ3v) is 4.12. The smallest absolute Gasteiger partial charge is 0.0739 e. The van der Waals surface area contributed by atoms with Gasteiger partial charge in [-0.2, -0.15) is 0 Å². The largest absolute Gasteiger partial charge is 0.256 e. The van der Waals surface area contributed by atoms with Gasteiger partial charge in [0.05, 0.1) is 5.69 Å². The lowest BCUT2D eigenvalue weighted by Crippen LogP contribution is -2.09. The minimum atomic E-state index is 0.553. The molecule has 4 rings (SSSR count). The van der Waals surface area contributed by atoms with E-state index >= 15 is 0 Å². The predicted octanol–water partition coefficient (Wildman–Crippen LogP) is 4.56. The van der Waals surface area contributed by atoms with Crippen molar-refractivity contribution in [1.29, 1.82) is 0 Å². The molecule has 92 valence electrons. The van der Waals surface area contributed by atoms with Crippen LogP contribution in [0.5, 0.6) is 0 Å². The molecule has 0 radical (unpaired) electrons. The van der Waals surface area contributed by atoms with Gasteiger partial charge < -0.3 is 0 Å². The van der Waals surface area contributed by atoms with Crippen LogP contribution >= 0.6 is 0 Å². The van der Waals surface area contributed by atoms with Crippen LogP contribution < -0.4 is 0 Å². The van der Waals surface area contributed by atoms with Gasteiger partial charge in [-0.15, -0.1) is 0 Å². The molecule has 19 heavy (non-hydrogen) atoms. The van der Waals surface area contributed by atoms with Gasteiger partial charge >= 0.3 is 0 Å². The van der Waals surface area contributed by atoms with Gasteiger partial charge in [0.2, 0.25) is 0 Å². The van der Waals surface area contributed by atoms with Gasteiger partial charge in [-0.1, -0.05) is 43.3 Å². The molecule has 1 heteroatoms. The number of pyridine rings is 1. The van der Waals surface area contributed by atoms with Gasteiger partial charge in [0.15, 0.2) is 0 Å². The third-order valence-electron chi connectivity index (χ3n) is 4.12. The number of benzene rings is 2. The van der Waals surface area contributed by atoms with E-state index in [1.165, 1.54) is 33.2 Å². The van der Waals surface area contributed by atoms with Gasteiger partial charge in [0, 0.05) is 11.8 Å². The van der Waals surface area contributed by atoms with Crippen LogP contribution in [0.4, 0.5) is 0 Å². The topological polar surface area (TPSA) is 12.9 Å². The van der Waals surface area contributed by atoms with Gasteiger partial charge in [0.25, 0.3) is 0 Å². The van der Waals surface area contributed by atoms with Crippen molar-refractivity contribution < 1.29 is 0 Å². The maximum Gasteiger partial charge on any atom is 0.0739 e. The van der Waals surface area contributed by atoms with Crippen molar-refractivity contribution in [1.82, 2.24) is 4.98 Å². The Morgan fingerprint density at radius 2 is 1.79 bits per heavy atom. The Kier molecular flexibility index (Phi) is 2.22. The van der Waals surface area contributed by atoms with Crippen molar-refractivity contribution in [2.45, 2.75) is 19.3 Å². The van der Waals surface area contributed by atoms with Crippen molar-refractivity contribution in [3.05, 3.63) is 65.9 Å². The summed E-state index contributed by atoms with van der Waals surface area (Å²) >= 11 is 0. The summed E-state index contributed by atoms with van der Waals surface area (Å²) in [6.07, 6.45) is 3.01. The first-order valence-electron chi connectivity index (χ1n) is 6.80. The summed E-state index contributed by atoms with van der Waals surface area (Å²) in [5.41, 5.74) is 5.29. The molecule has 2 aromatic carbocycles. The summed E-state index contributed by atoms with van der Waals surface area (Å²) in [4.78, 5) is 4.62. The molecule has 1 unspecified atom stereocenters. The van der Waals surface area contributed by atoms with E-state index in [1.807, 2.05) is 12.3 Å². The van der Waals surface area contributed by atoms with E-state index in [0.29, 0.717) is 5.92 Å². The molecular formula is C18H15N. The van der Waals surface area contributed by atoms with E-state index in [1.54, 1.807) is 0 Å². The molecule has 0 amide bonds. The second-order valence-corrected chi connectivity index (χ2v) is 5.40. The second kappa shape index (κ2) is 3.92. The Morgan fingerprint density at radius 1 is 1.00 bits per heavy atom. The van der Waals surface area contributed by atoms with E-state index in [4.69, 9.17) is 0 Å². The van der Waals surface area contributed by atoms with Crippen molar-refractivity contribution in [3.8, 4) is 11.3 Å². The number of rotatable bonds is 0. The highest BCUT2D eigenvalue weighted by Crippen LogP contribution is 2.39. The molecule has 0 fully saturated rings. The maximum absolute atomic E-state index is 4.62. The Bertz CT molecular complexity index is 773. The first-order valence-corrected chi connectivity index (χ1v) is 6.80. The first-order chi connectivity index (χ1) is 9.33. The molecule has 1 aromatic heterocycles. The van der Waals surface area contributed by atoms with Gasteiger partial charge in [0.1, 0.15) is 0 Å². The van der Waals surface area contributed by atoms with Crippen LogP contribution in [-0.2, 0) is 6.42 Å². The number of nitrogens with zero attached hydrogens (tertiary/aromatic N) is 1. The Morgan fingerprint density at radius 3 is 2.63 bits per heavy atom. The van der Waals surface area contributed by atoms with Crippen LogP contribution in [0.2, 0.25) is 0 Å². The highest BCUT2D eigenvalue weighted by atomic mass is 14.7. The van der Waals surface area contributed by atoms with E-state index in [2.05, 4.69) is 54.4 Å². The minimum Gasteiger partial charge on any atom is -0.256 e. The normalized spacial score (nSPS) is 17.0. The van der Waals surface area contributed by atoms with Crippen LogP contribution in [0.25, 0.3) is 22.0 Å². The molecule has 0 spiro atoms. The highest BCUT2D eigenvalue weighted by molar-refractivity contribution is 5.89. The summed E-state index contributed by atoms with van der Waals surface area (Å²) in [7, 11) is 0. The number of fused-ring (bicyclic) bond motifs is 4. The van der Waals surface area contributed by atoms with E-state index in [-0.39, 0.29) is 0 Å². The Hall–Kier alpha value is -2.15. The highest BCUT2D eigenvalue weighted by Gasteiger charge is 2.22. The molecule has 1 aliphatic carbocycles. The fourth-order valence-corrected chi connectivity index (χ4v) is 3.16. The van der Waals surface area contributed by atoms with Gasteiger partial charge in [-0.3, -0.25) is 4.98 Å².